The van der Waals surface area contributed by atoms with E-state index in [-0.39, 0.29) is 5.91 Å². The number of carbonyl (C=O) groups excluding carboxylic acids is 1. The van der Waals surface area contributed by atoms with E-state index in [1.165, 1.54) is 0 Å². The largest absolute Gasteiger partial charge is 0.495 e. The molecule has 2 aromatic rings. The minimum Gasteiger partial charge on any atom is -0.495 e. The van der Waals surface area contributed by atoms with Crippen molar-refractivity contribution in [3.63, 3.8) is 0 Å². The second kappa shape index (κ2) is 7.24. The summed E-state index contributed by atoms with van der Waals surface area (Å²) in [6, 6.07) is 12.9. The molecule has 5 heteroatoms. The van der Waals surface area contributed by atoms with E-state index in [9.17, 15) is 4.79 Å². The van der Waals surface area contributed by atoms with Gasteiger partial charge in [0.15, 0.2) is 0 Å². The third-order valence-corrected chi connectivity index (χ3v) is 3.58. The molecule has 0 aliphatic heterocycles. The first-order chi connectivity index (χ1) is 10.2. The number of methoxy groups -OCH3 is 1. The van der Waals surface area contributed by atoms with E-state index < -0.39 is 0 Å². The van der Waals surface area contributed by atoms with Crippen LogP contribution in [0.2, 0.25) is 0 Å². The standard InChI is InChI=1S/C16H17BrN2O2/c1-21-15-7-6-12(17)10-14(15)19-16(20)13-5-3-2-4-11(13)8-9-18/h2-7,10H,8-9,18H2,1H3,(H,19,20). The Labute approximate surface area is 132 Å². The summed E-state index contributed by atoms with van der Waals surface area (Å²) in [5.74, 6) is 0.443. The van der Waals surface area contributed by atoms with Crippen molar-refractivity contribution < 1.29 is 9.53 Å². The Morgan fingerprint density at radius 3 is 2.76 bits per heavy atom. The van der Waals surface area contributed by atoms with Gasteiger partial charge in [0.25, 0.3) is 5.91 Å². The molecule has 0 heterocycles. The fourth-order valence-electron chi connectivity index (χ4n) is 2.08. The summed E-state index contributed by atoms with van der Waals surface area (Å²) in [5, 5.41) is 2.88. The highest BCUT2D eigenvalue weighted by Crippen LogP contribution is 2.28. The Morgan fingerprint density at radius 1 is 1.29 bits per heavy atom. The topological polar surface area (TPSA) is 64.3 Å². The van der Waals surface area contributed by atoms with E-state index in [0.717, 1.165) is 10.0 Å². The van der Waals surface area contributed by atoms with Crippen LogP contribution in [0.3, 0.4) is 0 Å². The monoisotopic (exact) mass is 348 g/mol. The van der Waals surface area contributed by atoms with Crippen molar-refractivity contribution in [1.29, 1.82) is 0 Å². The number of ether oxygens (including phenoxy) is 1. The van der Waals surface area contributed by atoms with Gasteiger partial charge in [-0.1, -0.05) is 34.1 Å². The first kappa shape index (κ1) is 15.5. The minimum absolute atomic E-state index is 0.171. The van der Waals surface area contributed by atoms with Crippen LogP contribution < -0.4 is 15.8 Å². The van der Waals surface area contributed by atoms with Gasteiger partial charge in [-0.05, 0) is 42.8 Å². The maximum Gasteiger partial charge on any atom is 0.256 e. The van der Waals surface area contributed by atoms with Crippen molar-refractivity contribution in [3.8, 4) is 5.75 Å². The van der Waals surface area contributed by atoms with E-state index in [1.807, 2.05) is 30.3 Å². The highest BCUT2D eigenvalue weighted by molar-refractivity contribution is 9.10. The SMILES string of the molecule is COc1ccc(Br)cc1NC(=O)c1ccccc1CCN. The average Bonchev–Trinajstić information content (AvgIpc) is 2.48. The molecule has 0 aliphatic carbocycles. The molecule has 3 N–H and O–H groups in total. The number of rotatable bonds is 5. The molecule has 1 amide bonds. The first-order valence-corrected chi connectivity index (χ1v) is 7.38. The van der Waals surface area contributed by atoms with E-state index in [0.29, 0.717) is 30.0 Å². The Kier molecular flexibility index (Phi) is 5.36. The molecular formula is C16H17BrN2O2. The summed E-state index contributed by atoms with van der Waals surface area (Å²) in [6.45, 7) is 0.504. The molecule has 0 aliphatic rings. The quantitative estimate of drug-likeness (QED) is 0.871. The molecule has 0 fully saturated rings. The molecule has 0 saturated carbocycles. The summed E-state index contributed by atoms with van der Waals surface area (Å²) < 4.78 is 6.13. The van der Waals surface area contributed by atoms with E-state index in [4.69, 9.17) is 10.5 Å². The molecule has 110 valence electrons. The van der Waals surface area contributed by atoms with Crippen molar-refractivity contribution >= 4 is 27.5 Å². The van der Waals surface area contributed by atoms with Crippen LogP contribution in [-0.4, -0.2) is 19.6 Å². The first-order valence-electron chi connectivity index (χ1n) is 6.58. The van der Waals surface area contributed by atoms with Crippen molar-refractivity contribution in [2.45, 2.75) is 6.42 Å². The number of hydrogen-bond acceptors (Lipinski definition) is 3. The number of amides is 1. The highest BCUT2D eigenvalue weighted by atomic mass is 79.9. The van der Waals surface area contributed by atoms with Crippen LogP contribution in [0.4, 0.5) is 5.69 Å². The smallest absolute Gasteiger partial charge is 0.256 e. The fraction of sp³-hybridized carbons (Fsp3) is 0.188. The number of anilines is 1. The van der Waals surface area contributed by atoms with Crippen LogP contribution in [0.5, 0.6) is 5.75 Å². The number of nitrogens with two attached hydrogens (primary N) is 1. The Morgan fingerprint density at radius 2 is 2.05 bits per heavy atom. The van der Waals surface area contributed by atoms with Crippen molar-refractivity contribution in [1.82, 2.24) is 0 Å². The molecule has 0 bridgehead atoms. The lowest BCUT2D eigenvalue weighted by atomic mass is 10.0. The van der Waals surface area contributed by atoms with Gasteiger partial charge in [-0.2, -0.15) is 0 Å². The van der Waals surface area contributed by atoms with Gasteiger partial charge in [-0.15, -0.1) is 0 Å². The molecule has 4 nitrogen and oxygen atoms in total. The maximum atomic E-state index is 12.5. The lowest BCUT2D eigenvalue weighted by molar-refractivity contribution is 0.102. The van der Waals surface area contributed by atoms with Gasteiger partial charge in [0, 0.05) is 10.0 Å². The van der Waals surface area contributed by atoms with E-state index in [1.54, 1.807) is 19.2 Å². The van der Waals surface area contributed by atoms with Gasteiger partial charge in [0.2, 0.25) is 0 Å². The number of benzene rings is 2. The number of halogens is 1. The maximum absolute atomic E-state index is 12.5. The zero-order valence-electron chi connectivity index (χ0n) is 11.7. The van der Waals surface area contributed by atoms with Crippen molar-refractivity contribution in [3.05, 3.63) is 58.1 Å². The van der Waals surface area contributed by atoms with E-state index in [2.05, 4.69) is 21.2 Å². The number of carbonyl (C=O) groups is 1. The van der Waals surface area contributed by atoms with Gasteiger partial charge in [-0.3, -0.25) is 4.79 Å². The average molecular weight is 349 g/mol. The molecule has 0 atom stereocenters. The van der Waals surface area contributed by atoms with Crippen molar-refractivity contribution in [2.75, 3.05) is 19.0 Å². The molecule has 21 heavy (non-hydrogen) atoms. The Bertz CT molecular complexity index is 644. The zero-order valence-corrected chi connectivity index (χ0v) is 13.3. The van der Waals surface area contributed by atoms with E-state index >= 15 is 0 Å². The summed E-state index contributed by atoms with van der Waals surface area (Å²) in [7, 11) is 1.57. The Hall–Kier alpha value is -1.85. The van der Waals surface area contributed by atoms with Gasteiger partial charge < -0.3 is 15.8 Å². The minimum atomic E-state index is -0.171. The van der Waals surface area contributed by atoms with Crippen LogP contribution in [0.15, 0.2) is 46.9 Å². The lowest BCUT2D eigenvalue weighted by Crippen LogP contribution is -2.16. The zero-order chi connectivity index (χ0) is 15.2. The van der Waals surface area contributed by atoms with Crippen LogP contribution in [0, 0.1) is 0 Å². The van der Waals surface area contributed by atoms with Crippen LogP contribution in [-0.2, 0) is 6.42 Å². The summed E-state index contributed by atoms with van der Waals surface area (Å²) in [6.07, 6.45) is 0.666. The normalized spacial score (nSPS) is 10.2. The summed E-state index contributed by atoms with van der Waals surface area (Å²) in [4.78, 5) is 12.5. The number of hydrogen-bond donors (Lipinski definition) is 2. The van der Waals surface area contributed by atoms with Gasteiger partial charge >= 0.3 is 0 Å². The lowest BCUT2D eigenvalue weighted by Gasteiger charge is -2.12. The summed E-state index contributed by atoms with van der Waals surface area (Å²) >= 11 is 3.39. The molecule has 2 rings (SSSR count). The number of nitrogens with one attached hydrogen (secondary N) is 1. The molecule has 0 spiro atoms. The van der Waals surface area contributed by atoms with Crippen LogP contribution >= 0.6 is 15.9 Å². The third-order valence-electron chi connectivity index (χ3n) is 3.09. The molecule has 0 unspecified atom stereocenters. The van der Waals surface area contributed by atoms with Gasteiger partial charge in [0.1, 0.15) is 5.75 Å². The third kappa shape index (κ3) is 3.83. The molecule has 0 aromatic heterocycles. The molecule has 2 aromatic carbocycles. The van der Waals surface area contributed by atoms with Gasteiger partial charge in [-0.25, -0.2) is 0 Å². The second-order valence-corrected chi connectivity index (χ2v) is 5.41. The van der Waals surface area contributed by atoms with Crippen LogP contribution in [0.25, 0.3) is 0 Å². The predicted octanol–water partition coefficient (Wildman–Crippen LogP) is 3.21. The van der Waals surface area contributed by atoms with Crippen molar-refractivity contribution in [2.24, 2.45) is 5.73 Å². The second-order valence-electron chi connectivity index (χ2n) is 4.49. The molecule has 0 saturated heterocycles. The fourth-order valence-corrected chi connectivity index (χ4v) is 2.44. The predicted molar refractivity (Wildman–Crippen MR) is 87.8 cm³/mol. The van der Waals surface area contributed by atoms with Crippen LogP contribution in [0.1, 0.15) is 15.9 Å². The van der Waals surface area contributed by atoms with Gasteiger partial charge in [0.05, 0.1) is 12.8 Å². The Balaban J connectivity index is 2.28. The summed E-state index contributed by atoms with van der Waals surface area (Å²) in [5.41, 5.74) is 7.78. The molecular weight excluding hydrogens is 332 g/mol. The highest BCUT2D eigenvalue weighted by Gasteiger charge is 2.13. The molecule has 0 radical (unpaired) electrons.